The Morgan fingerprint density at radius 3 is 1.97 bits per heavy atom. The minimum Gasteiger partial charge on any atom is -0.444 e. The lowest BCUT2D eigenvalue weighted by Gasteiger charge is -2.40. The van der Waals surface area contributed by atoms with E-state index in [9.17, 15) is 9.59 Å². The summed E-state index contributed by atoms with van der Waals surface area (Å²) in [4.78, 5) is 25.5. The van der Waals surface area contributed by atoms with Crippen LogP contribution in [0.3, 0.4) is 0 Å². The van der Waals surface area contributed by atoms with Gasteiger partial charge in [-0.1, -0.05) is 45.0 Å². The van der Waals surface area contributed by atoms with Gasteiger partial charge >= 0.3 is 6.09 Å². The van der Waals surface area contributed by atoms with E-state index in [4.69, 9.17) is 9.16 Å². The third-order valence-corrected chi connectivity index (χ3v) is 9.85. The van der Waals surface area contributed by atoms with Crippen molar-refractivity contribution in [3.8, 4) is 0 Å². The van der Waals surface area contributed by atoms with Crippen molar-refractivity contribution in [1.29, 1.82) is 0 Å². The summed E-state index contributed by atoms with van der Waals surface area (Å²) in [6.45, 7) is 18.7. The summed E-state index contributed by atoms with van der Waals surface area (Å²) in [5.41, 5.74) is 1.19. The van der Waals surface area contributed by atoms with Gasteiger partial charge in [-0.25, -0.2) is 4.79 Å². The van der Waals surface area contributed by atoms with E-state index >= 15 is 0 Å². The predicted molar refractivity (Wildman–Crippen MR) is 121 cm³/mol. The predicted octanol–water partition coefficient (Wildman–Crippen LogP) is 6.21. The third kappa shape index (κ3) is 7.94. The van der Waals surface area contributed by atoms with E-state index in [-0.39, 0.29) is 23.0 Å². The van der Waals surface area contributed by atoms with Crippen molar-refractivity contribution in [2.75, 3.05) is 13.6 Å². The standard InChI is InChI=1S/C23H39NO4Si/c1-17(25)18-11-13-19(14-12-18)20(28-29(9,10)23(5,6)7)15-16-24(8)21(26)27-22(2,3)4/h11-14,20H,15-16H2,1-10H3. The van der Waals surface area contributed by atoms with Gasteiger partial charge in [0.2, 0.25) is 0 Å². The minimum absolute atomic E-state index is 0.0445. The van der Waals surface area contributed by atoms with Crippen molar-refractivity contribution < 1.29 is 18.8 Å². The molecule has 0 aliphatic rings. The fourth-order valence-corrected chi connectivity index (χ4v) is 3.82. The molecule has 0 spiro atoms. The molecule has 164 valence electrons. The molecular weight excluding hydrogens is 382 g/mol. The lowest BCUT2D eigenvalue weighted by Crippen LogP contribution is -2.42. The number of ketones is 1. The van der Waals surface area contributed by atoms with Gasteiger partial charge in [0, 0.05) is 19.2 Å². The molecule has 1 aromatic rings. The van der Waals surface area contributed by atoms with E-state index < -0.39 is 13.9 Å². The van der Waals surface area contributed by atoms with E-state index in [0.717, 1.165) is 5.56 Å². The van der Waals surface area contributed by atoms with Gasteiger partial charge in [0.25, 0.3) is 0 Å². The lowest BCUT2D eigenvalue weighted by molar-refractivity contribution is 0.0275. The van der Waals surface area contributed by atoms with Gasteiger partial charge < -0.3 is 14.1 Å². The number of hydrogen-bond donors (Lipinski definition) is 0. The average Bonchev–Trinajstić information content (AvgIpc) is 2.55. The van der Waals surface area contributed by atoms with Crippen LogP contribution in [0.4, 0.5) is 4.79 Å². The summed E-state index contributed by atoms with van der Waals surface area (Å²) in [6, 6.07) is 7.61. The number of benzene rings is 1. The van der Waals surface area contributed by atoms with Crippen LogP contribution in [0.5, 0.6) is 0 Å². The molecular formula is C23H39NO4Si. The average molecular weight is 422 g/mol. The molecule has 0 aliphatic heterocycles. The van der Waals surface area contributed by atoms with E-state index in [1.54, 1.807) is 18.9 Å². The first kappa shape index (κ1) is 25.4. The van der Waals surface area contributed by atoms with Gasteiger partial charge in [-0.2, -0.15) is 0 Å². The highest BCUT2D eigenvalue weighted by Gasteiger charge is 2.39. The van der Waals surface area contributed by atoms with Crippen molar-refractivity contribution in [3.05, 3.63) is 35.4 Å². The molecule has 6 heteroatoms. The smallest absolute Gasteiger partial charge is 0.410 e. The first-order valence-electron chi connectivity index (χ1n) is 10.3. The van der Waals surface area contributed by atoms with Crippen molar-refractivity contribution in [2.45, 2.75) is 84.7 Å². The number of carbonyl (C=O) groups is 2. The van der Waals surface area contributed by atoms with E-state index in [1.807, 2.05) is 45.0 Å². The van der Waals surface area contributed by atoms with Crippen LogP contribution < -0.4 is 0 Å². The first-order chi connectivity index (χ1) is 13.0. The van der Waals surface area contributed by atoms with Crippen molar-refractivity contribution in [2.24, 2.45) is 0 Å². The molecule has 0 aromatic heterocycles. The zero-order valence-corrected chi connectivity index (χ0v) is 20.9. The van der Waals surface area contributed by atoms with E-state index in [0.29, 0.717) is 18.5 Å². The minimum atomic E-state index is -2.03. The SMILES string of the molecule is CC(=O)c1ccc(C(CCN(C)C(=O)OC(C)(C)C)O[Si](C)(C)C(C)(C)C)cc1. The van der Waals surface area contributed by atoms with Crippen LogP contribution in [0.2, 0.25) is 18.1 Å². The number of nitrogens with zero attached hydrogens (tertiary/aromatic N) is 1. The molecule has 0 bridgehead atoms. The molecule has 1 aromatic carbocycles. The first-order valence-corrected chi connectivity index (χ1v) is 13.2. The van der Waals surface area contributed by atoms with Crippen LogP contribution in [0.1, 0.15) is 76.9 Å². The molecule has 0 aliphatic carbocycles. The summed E-state index contributed by atoms with van der Waals surface area (Å²) in [5.74, 6) is 0.0445. The van der Waals surface area contributed by atoms with Gasteiger partial charge in [-0.05, 0) is 57.8 Å². The van der Waals surface area contributed by atoms with Gasteiger partial charge in [0.15, 0.2) is 14.1 Å². The fourth-order valence-electron chi connectivity index (χ4n) is 2.50. The molecule has 0 saturated heterocycles. The summed E-state index contributed by atoms with van der Waals surface area (Å²) in [7, 11) is -0.279. The largest absolute Gasteiger partial charge is 0.444 e. The van der Waals surface area contributed by atoms with Crippen molar-refractivity contribution in [1.82, 2.24) is 4.90 Å². The number of carbonyl (C=O) groups excluding carboxylic acids is 2. The number of Topliss-reactive ketones (excluding diaryl/α,β-unsaturated/α-hetero) is 1. The molecule has 0 radical (unpaired) electrons. The van der Waals surface area contributed by atoms with E-state index in [1.165, 1.54) is 0 Å². The molecule has 0 heterocycles. The highest BCUT2D eigenvalue weighted by Crippen LogP contribution is 2.40. The normalized spacial score (nSPS) is 13.7. The molecule has 1 unspecified atom stereocenters. The highest BCUT2D eigenvalue weighted by atomic mass is 28.4. The Morgan fingerprint density at radius 2 is 1.55 bits per heavy atom. The lowest BCUT2D eigenvalue weighted by atomic mass is 10.0. The molecule has 0 saturated carbocycles. The van der Waals surface area contributed by atoms with Crippen LogP contribution in [-0.2, 0) is 9.16 Å². The number of rotatable bonds is 7. The fraction of sp³-hybridized carbons (Fsp3) is 0.652. The molecule has 1 rings (SSSR count). The van der Waals surface area contributed by atoms with Gasteiger partial charge in [0.1, 0.15) is 5.60 Å². The highest BCUT2D eigenvalue weighted by molar-refractivity contribution is 6.74. The Kier molecular flexibility index (Phi) is 8.25. The van der Waals surface area contributed by atoms with Crippen LogP contribution >= 0.6 is 0 Å². The summed E-state index contributed by atoms with van der Waals surface area (Å²) < 4.78 is 12.1. The summed E-state index contributed by atoms with van der Waals surface area (Å²) in [6.07, 6.45) is 0.166. The molecule has 1 amide bonds. The van der Waals surface area contributed by atoms with Gasteiger partial charge in [-0.15, -0.1) is 0 Å². The van der Waals surface area contributed by atoms with Crippen LogP contribution in [0.25, 0.3) is 0 Å². The van der Waals surface area contributed by atoms with Crippen LogP contribution in [0, 0.1) is 0 Å². The second-order valence-corrected chi connectivity index (χ2v) is 15.0. The second-order valence-electron chi connectivity index (χ2n) is 10.2. The molecule has 0 fully saturated rings. The molecule has 29 heavy (non-hydrogen) atoms. The molecule has 5 nitrogen and oxygen atoms in total. The summed E-state index contributed by atoms with van der Waals surface area (Å²) in [5, 5.41) is 0.0711. The zero-order valence-electron chi connectivity index (χ0n) is 19.9. The Bertz CT molecular complexity index is 699. The Balaban J connectivity index is 3.02. The van der Waals surface area contributed by atoms with Crippen LogP contribution in [-0.4, -0.2) is 44.3 Å². The topological polar surface area (TPSA) is 55.8 Å². The second kappa shape index (κ2) is 9.43. The van der Waals surface area contributed by atoms with Crippen LogP contribution in [0.15, 0.2) is 24.3 Å². The Hall–Kier alpha value is -1.66. The Labute approximate surface area is 177 Å². The number of amides is 1. The summed E-state index contributed by atoms with van der Waals surface area (Å²) >= 11 is 0. The van der Waals surface area contributed by atoms with Crippen molar-refractivity contribution in [3.63, 3.8) is 0 Å². The zero-order chi connectivity index (χ0) is 22.6. The Morgan fingerprint density at radius 1 is 1.03 bits per heavy atom. The molecule has 1 atom stereocenters. The maximum atomic E-state index is 12.3. The van der Waals surface area contributed by atoms with Gasteiger partial charge in [0.05, 0.1) is 6.10 Å². The quantitative estimate of drug-likeness (QED) is 0.388. The molecule has 0 N–H and O–H groups in total. The van der Waals surface area contributed by atoms with Gasteiger partial charge in [-0.3, -0.25) is 4.79 Å². The van der Waals surface area contributed by atoms with E-state index in [2.05, 4.69) is 33.9 Å². The van der Waals surface area contributed by atoms with Crippen molar-refractivity contribution >= 4 is 20.2 Å². The number of ether oxygens (including phenoxy) is 1. The monoisotopic (exact) mass is 421 g/mol. The maximum absolute atomic E-state index is 12.3. The maximum Gasteiger partial charge on any atom is 0.410 e. The third-order valence-electron chi connectivity index (χ3n) is 5.36. The number of hydrogen-bond acceptors (Lipinski definition) is 4.